The molecular weight excluding hydrogens is 258 g/mol. The van der Waals surface area contributed by atoms with Crippen molar-refractivity contribution in [3.05, 3.63) is 27.4 Å². The number of nitrogens with zero attached hydrogens (tertiary/aromatic N) is 3. The lowest BCUT2D eigenvalue weighted by molar-refractivity contribution is 0.0678. The molecule has 1 fully saturated rings. The van der Waals surface area contributed by atoms with E-state index in [1.54, 1.807) is 10.6 Å². The van der Waals surface area contributed by atoms with E-state index in [0.717, 1.165) is 5.69 Å². The van der Waals surface area contributed by atoms with Crippen molar-refractivity contribution in [2.75, 3.05) is 13.1 Å². The summed E-state index contributed by atoms with van der Waals surface area (Å²) in [7, 11) is 0. The van der Waals surface area contributed by atoms with Crippen molar-refractivity contribution in [1.82, 2.24) is 9.58 Å². The second-order valence-corrected chi connectivity index (χ2v) is 4.83. The zero-order chi connectivity index (χ0) is 13.3. The molecule has 0 amide bonds. The van der Waals surface area contributed by atoms with Gasteiger partial charge in [-0.25, -0.2) is 4.79 Å². The SMILES string of the molecule is Cc1cc(Cl)c(C(=O)O)n1C1CCN(N=O)CC1. The van der Waals surface area contributed by atoms with Crippen LogP contribution in [0.1, 0.15) is 35.1 Å². The summed E-state index contributed by atoms with van der Waals surface area (Å²) in [6.07, 6.45) is 1.38. The standard InChI is InChI=1S/C11H14ClN3O3/c1-7-6-9(12)10(11(16)17)15(7)8-2-4-14(13-18)5-3-8/h6,8H,2-5H2,1H3,(H,16,17). The van der Waals surface area contributed by atoms with Crippen molar-refractivity contribution in [3.63, 3.8) is 0 Å². The van der Waals surface area contributed by atoms with Crippen LogP contribution in [0, 0.1) is 11.8 Å². The van der Waals surface area contributed by atoms with Crippen LogP contribution in [0.3, 0.4) is 0 Å². The van der Waals surface area contributed by atoms with Gasteiger partial charge in [0.2, 0.25) is 0 Å². The van der Waals surface area contributed by atoms with E-state index in [9.17, 15) is 14.8 Å². The lowest BCUT2D eigenvalue weighted by Gasteiger charge is -2.30. The first kappa shape index (κ1) is 12.9. The number of carboxylic acid groups (broad SMARTS) is 1. The van der Waals surface area contributed by atoms with Crippen molar-refractivity contribution in [3.8, 4) is 0 Å². The van der Waals surface area contributed by atoms with E-state index < -0.39 is 5.97 Å². The van der Waals surface area contributed by atoms with Gasteiger partial charge in [0.05, 0.1) is 10.3 Å². The quantitative estimate of drug-likeness (QED) is 0.857. The number of carbonyl (C=O) groups is 1. The topological polar surface area (TPSA) is 74.9 Å². The highest BCUT2D eigenvalue weighted by molar-refractivity contribution is 6.33. The molecule has 0 atom stereocenters. The highest BCUT2D eigenvalue weighted by Gasteiger charge is 2.27. The summed E-state index contributed by atoms with van der Waals surface area (Å²) in [6, 6.07) is 1.72. The fourth-order valence-electron chi connectivity index (χ4n) is 2.48. The zero-order valence-corrected chi connectivity index (χ0v) is 10.7. The first-order valence-electron chi connectivity index (χ1n) is 5.73. The van der Waals surface area contributed by atoms with Crippen LogP contribution in [-0.2, 0) is 0 Å². The second-order valence-electron chi connectivity index (χ2n) is 4.42. The number of halogens is 1. The molecule has 0 radical (unpaired) electrons. The van der Waals surface area contributed by atoms with E-state index in [1.807, 2.05) is 6.92 Å². The van der Waals surface area contributed by atoms with Gasteiger partial charge in [-0.2, -0.15) is 0 Å². The molecule has 1 aliphatic rings. The molecule has 98 valence electrons. The molecule has 0 saturated carbocycles. The molecule has 1 aromatic rings. The first-order chi connectivity index (χ1) is 8.54. The molecule has 0 aliphatic carbocycles. The van der Waals surface area contributed by atoms with Gasteiger partial charge in [-0.15, -0.1) is 4.91 Å². The molecule has 0 spiro atoms. The van der Waals surface area contributed by atoms with E-state index in [0.29, 0.717) is 25.9 Å². The Morgan fingerprint density at radius 1 is 1.50 bits per heavy atom. The number of rotatable bonds is 3. The van der Waals surface area contributed by atoms with E-state index in [-0.39, 0.29) is 16.8 Å². The first-order valence-corrected chi connectivity index (χ1v) is 6.11. The molecule has 1 aliphatic heterocycles. The van der Waals surface area contributed by atoms with Crippen LogP contribution in [0.25, 0.3) is 0 Å². The number of hydrogen-bond acceptors (Lipinski definition) is 3. The summed E-state index contributed by atoms with van der Waals surface area (Å²) < 4.78 is 1.76. The maximum absolute atomic E-state index is 11.2. The lowest BCUT2D eigenvalue weighted by atomic mass is 10.1. The van der Waals surface area contributed by atoms with E-state index in [4.69, 9.17) is 11.6 Å². The molecule has 7 heteroatoms. The summed E-state index contributed by atoms with van der Waals surface area (Å²) in [4.78, 5) is 21.6. The summed E-state index contributed by atoms with van der Waals surface area (Å²) in [6.45, 7) is 2.92. The van der Waals surface area contributed by atoms with Gasteiger partial charge in [0.25, 0.3) is 0 Å². The smallest absolute Gasteiger partial charge is 0.354 e. The molecule has 0 aromatic carbocycles. The molecular formula is C11H14ClN3O3. The van der Waals surface area contributed by atoms with Crippen LogP contribution in [0.2, 0.25) is 5.02 Å². The van der Waals surface area contributed by atoms with E-state index in [1.165, 1.54) is 5.01 Å². The molecule has 1 aromatic heterocycles. The average Bonchev–Trinajstić information content (AvgIpc) is 2.64. The summed E-state index contributed by atoms with van der Waals surface area (Å²) >= 11 is 5.94. The Labute approximate surface area is 109 Å². The van der Waals surface area contributed by atoms with Gasteiger partial charge in [0.15, 0.2) is 0 Å². The zero-order valence-electron chi connectivity index (χ0n) is 9.97. The largest absolute Gasteiger partial charge is 0.477 e. The maximum atomic E-state index is 11.2. The Balaban J connectivity index is 2.29. The van der Waals surface area contributed by atoms with Crippen LogP contribution >= 0.6 is 11.6 Å². The summed E-state index contributed by atoms with van der Waals surface area (Å²) in [5, 5.41) is 13.8. The molecule has 0 bridgehead atoms. The van der Waals surface area contributed by atoms with Crippen LogP contribution in [0.4, 0.5) is 0 Å². The lowest BCUT2D eigenvalue weighted by Crippen LogP contribution is -2.32. The molecule has 2 rings (SSSR count). The van der Waals surface area contributed by atoms with Crippen molar-refractivity contribution < 1.29 is 9.90 Å². The number of aryl methyl sites for hydroxylation is 1. The number of aromatic carboxylic acids is 1. The Morgan fingerprint density at radius 2 is 2.11 bits per heavy atom. The molecule has 2 heterocycles. The molecule has 0 unspecified atom stereocenters. The highest BCUT2D eigenvalue weighted by Crippen LogP contribution is 2.30. The minimum absolute atomic E-state index is 0.0570. The fraction of sp³-hybridized carbons (Fsp3) is 0.545. The van der Waals surface area contributed by atoms with Crippen molar-refractivity contribution in [2.45, 2.75) is 25.8 Å². The van der Waals surface area contributed by atoms with Gasteiger partial charge in [-0.05, 0) is 25.8 Å². The molecule has 1 N–H and O–H groups in total. The minimum Gasteiger partial charge on any atom is -0.477 e. The summed E-state index contributed by atoms with van der Waals surface area (Å²) in [5.41, 5.74) is 0.960. The third kappa shape index (κ3) is 2.20. The molecule has 18 heavy (non-hydrogen) atoms. The number of aromatic nitrogens is 1. The third-order valence-corrected chi connectivity index (χ3v) is 3.59. The summed E-state index contributed by atoms with van der Waals surface area (Å²) in [5.74, 6) is -1.02. The van der Waals surface area contributed by atoms with Gasteiger partial charge in [0.1, 0.15) is 5.69 Å². The molecule has 6 nitrogen and oxygen atoms in total. The monoisotopic (exact) mass is 271 g/mol. The van der Waals surface area contributed by atoms with Gasteiger partial charge < -0.3 is 9.67 Å². The number of carboxylic acids is 1. The predicted octanol–water partition coefficient (Wildman–Crippen LogP) is 2.47. The Kier molecular flexibility index (Phi) is 3.56. The highest BCUT2D eigenvalue weighted by atomic mass is 35.5. The number of hydrogen-bond donors (Lipinski definition) is 1. The van der Waals surface area contributed by atoms with Crippen molar-refractivity contribution >= 4 is 17.6 Å². The van der Waals surface area contributed by atoms with Crippen LogP contribution < -0.4 is 0 Å². The van der Waals surface area contributed by atoms with Gasteiger partial charge in [-0.1, -0.05) is 11.6 Å². The van der Waals surface area contributed by atoms with Crippen LogP contribution in [0.15, 0.2) is 11.4 Å². The van der Waals surface area contributed by atoms with E-state index in [2.05, 4.69) is 5.29 Å². The van der Waals surface area contributed by atoms with Crippen LogP contribution in [-0.4, -0.2) is 33.7 Å². The van der Waals surface area contributed by atoms with Crippen LogP contribution in [0.5, 0.6) is 0 Å². The Hall–Kier alpha value is -1.56. The second kappa shape index (κ2) is 4.97. The Morgan fingerprint density at radius 3 is 2.61 bits per heavy atom. The van der Waals surface area contributed by atoms with Gasteiger partial charge in [0, 0.05) is 24.8 Å². The van der Waals surface area contributed by atoms with Crippen molar-refractivity contribution in [2.24, 2.45) is 5.29 Å². The minimum atomic E-state index is -1.02. The maximum Gasteiger partial charge on any atom is 0.354 e. The number of piperidine rings is 1. The normalized spacial score (nSPS) is 16.9. The third-order valence-electron chi connectivity index (χ3n) is 3.31. The van der Waals surface area contributed by atoms with E-state index >= 15 is 0 Å². The average molecular weight is 272 g/mol. The Bertz CT molecular complexity index is 478. The van der Waals surface area contributed by atoms with Crippen molar-refractivity contribution in [1.29, 1.82) is 0 Å². The van der Waals surface area contributed by atoms with Gasteiger partial charge in [-0.3, -0.25) is 5.01 Å². The fourth-order valence-corrected chi connectivity index (χ4v) is 2.81. The molecule has 1 saturated heterocycles. The predicted molar refractivity (Wildman–Crippen MR) is 66.8 cm³/mol. The van der Waals surface area contributed by atoms with Gasteiger partial charge >= 0.3 is 5.97 Å². The number of nitroso groups, excluding NO2 is 1.